The fraction of sp³-hybridized carbons (Fsp3) is 0.235. The molecule has 0 saturated carbocycles. The Morgan fingerprint density at radius 3 is 2.45 bits per heavy atom. The Labute approximate surface area is 123 Å². The molecule has 0 N–H and O–H groups in total. The van der Waals surface area contributed by atoms with Crippen LogP contribution < -0.4 is 0 Å². The summed E-state index contributed by atoms with van der Waals surface area (Å²) in [4.78, 5) is 15.0. The lowest BCUT2D eigenvalue weighted by Gasteiger charge is -2.40. The minimum absolute atomic E-state index is 0.249. The summed E-state index contributed by atoms with van der Waals surface area (Å²) in [6, 6.07) is 18.7. The number of aryl methyl sites for hydroxylation is 1. The fourth-order valence-corrected chi connectivity index (χ4v) is 3.43. The molecule has 2 aromatic rings. The normalized spacial score (nSPS) is 17.9. The first-order valence-corrected chi connectivity index (χ1v) is 7.67. The molecule has 0 bridgehead atoms. The quantitative estimate of drug-likeness (QED) is 0.794. The predicted molar refractivity (Wildman–Crippen MR) is 82.4 cm³/mol. The molecule has 0 unspecified atom stereocenters. The molecule has 0 radical (unpaired) electrons. The van der Waals surface area contributed by atoms with Crippen LogP contribution in [-0.4, -0.2) is 16.2 Å². The lowest BCUT2D eigenvalue weighted by Crippen LogP contribution is -2.49. The molecule has 1 amide bonds. The monoisotopic (exact) mass is 283 g/mol. The Hall–Kier alpha value is -1.74. The molecule has 3 rings (SSSR count). The number of hydrogen-bond acceptors (Lipinski definition) is 2. The van der Waals surface area contributed by atoms with Gasteiger partial charge >= 0.3 is 0 Å². The number of carbonyl (C=O) groups is 1. The molecule has 2 nitrogen and oxygen atoms in total. The molecule has 1 aliphatic heterocycles. The number of nitrogens with zero attached hydrogens (tertiary/aromatic N) is 1. The Balaban J connectivity index is 1.65. The maximum atomic E-state index is 11.8. The van der Waals surface area contributed by atoms with Gasteiger partial charge in [-0.15, -0.1) is 11.8 Å². The van der Waals surface area contributed by atoms with Crippen LogP contribution in [0.25, 0.3) is 0 Å². The van der Waals surface area contributed by atoms with Gasteiger partial charge < -0.3 is 4.90 Å². The maximum Gasteiger partial charge on any atom is 0.226 e. The van der Waals surface area contributed by atoms with Gasteiger partial charge in [0.05, 0.1) is 11.8 Å². The van der Waals surface area contributed by atoms with Crippen LogP contribution in [0.4, 0.5) is 0 Å². The molecule has 20 heavy (non-hydrogen) atoms. The fourth-order valence-electron chi connectivity index (χ4n) is 2.27. The molecule has 1 saturated heterocycles. The second kappa shape index (κ2) is 5.71. The third-order valence-corrected chi connectivity index (χ3v) is 4.74. The molecule has 1 heterocycles. The van der Waals surface area contributed by atoms with E-state index in [1.165, 1.54) is 16.0 Å². The van der Waals surface area contributed by atoms with Crippen molar-refractivity contribution in [2.45, 2.75) is 30.2 Å². The second-order valence-corrected chi connectivity index (χ2v) is 6.35. The summed E-state index contributed by atoms with van der Waals surface area (Å²) in [7, 11) is 0. The van der Waals surface area contributed by atoms with Gasteiger partial charge in [-0.05, 0) is 24.6 Å². The van der Waals surface area contributed by atoms with E-state index in [0.29, 0.717) is 13.0 Å². The maximum absolute atomic E-state index is 11.8. The van der Waals surface area contributed by atoms with Gasteiger partial charge in [-0.2, -0.15) is 0 Å². The highest BCUT2D eigenvalue weighted by atomic mass is 32.2. The number of likely N-dealkylation sites (tertiary alicyclic amines) is 1. The molecule has 102 valence electrons. The summed E-state index contributed by atoms with van der Waals surface area (Å²) in [6.45, 7) is 2.80. The third-order valence-electron chi connectivity index (χ3n) is 3.51. The van der Waals surface area contributed by atoms with Gasteiger partial charge in [-0.1, -0.05) is 48.0 Å². The zero-order valence-corrected chi connectivity index (χ0v) is 12.3. The van der Waals surface area contributed by atoms with Gasteiger partial charge in [-0.3, -0.25) is 4.79 Å². The highest BCUT2D eigenvalue weighted by Gasteiger charge is 2.36. The smallest absolute Gasteiger partial charge is 0.226 e. The SMILES string of the molecule is Cc1ccc(S[C@@H]2CC(=O)N2Cc2ccccc2)cc1. The average Bonchev–Trinajstić information content (AvgIpc) is 2.48. The molecular formula is C17H17NOS. The van der Waals surface area contributed by atoms with E-state index in [1.807, 2.05) is 23.1 Å². The lowest BCUT2D eigenvalue weighted by molar-refractivity contribution is -0.142. The van der Waals surface area contributed by atoms with E-state index < -0.39 is 0 Å². The van der Waals surface area contributed by atoms with E-state index >= 15 is 0 Å². The largest absolute Gasteiger partial charge is 0.325 e. The van der Waals surface area contributed by atoms with Crippen LogP contribution in [0, 0.1) is 6.92 Å². The van der Waals surface area contributed by atoms with Gasteiger partial charge in [0.15, 0.2) is 0 Å². The standard InChI is InChI=1S/C17H17NOS/c1-13-7-9-15(10-8-13)20-17-11-16(19)18(17)12-14-5-3-2-4-6-14/h2-10,17H,11-12H2,1H3/t17-/m1/s1. The Bertz CT molecular complexity index is 594. The number of carbonyl (C=O) groups excluding carboxylic acids is 1. The van der Waals surface area contributed by atoms with Gasteiger partial charge in [0.25, 0.3) is 0 Å². The number of hydrogen-bond donors (Lipinski definition) is 0. The minimum atomic E-state index is 0.249. The number of β-lactam (4-membered cyclic amide) rings is 1. The third kappa shape index (κ3) is 2.88. The first-order valence-electron chi connectivity index (χ1n) is 6.79. The van der Waals surface area contributed by atoms with E-state index in [-0.39, 0.29) is 11.3 Å². The number of rotatable bonds is 4. The van der Waals surface area contributed by atoms with Crippen molar-refractivity contribution in [1.82, 2.24) is 4.90 Å². The van der Waals surface area contributed by atoms with Crippen molar-refractivity contribution in [3.63, 3.8) is 0 Å². The van der Waals surface area contributed by atoms with Crippen LogP contribution in [0.15, 0.2) is 59.5 Å². The first-order chi connectivity index (χ1) is 9.72. The van der Waals surface area contributed by atoms with E-state index in [0.717, 1.165) is 0 Å². The summed E-state index contributed by atoms with van der Waals surface area (Å²) in [5.41, 5.74) is 2.45. The molecule has 2 aromatic carbocycles. The zero-order valence-electron chi connectivity index (χ0n) is 11.5. The number of thioether (sulfide) groups is 1. The topological polar surface area (TPSA) is 20.3 Å². The molecule has 0 spiro atoms. The van der Waals surface area contributed by atoms with Crippen molar-refractivity contribution < 1.29 is 4.79 Å². The van der Waals surface area contributed by atoms with Crippen LogP contribution in [0.2, 0.25) is 0 Å². The van der Waals surface area contributed by atoms with E-state index in [4.69, 9.17) is 0 Å². The Morgan fingerprint density at radius 1 is 1.10 bits per heavy atom. The molecule has 1 atom stereocenters. The Kier molecular flexibility index (Phi) is 3.79. The van der Waals surface area contributed by atoms with Crippen LogP contribution >= 0.6 is 11.8 Å². The van der Waals surface area contributed by atoms with Crippen molar-refractivity contribution in [2.75, 3.05) is 0 Å². The molecule has 1 aliphatic rings. The van der Waals surface area contributed by atoms with Crippen molar-refractivity contribution in [1.29, 1.82) is 0 Å². The van der Waals surface area contributed by atoms with Crippen molar-refractivity contribution >= 4 is 17.7 Å². The molecule has 0 aromatic heterocycles. The lowest BCUT2D eigenvalue weighted by atomic mass is 10.1. The zero-order chi connectivity index (χ0) is 13.9. The van der Waals surface area contributed by atoms with E-state index in [2.05, 4.69) is 43.3 Å². The van der Waals surface area contributed by atoms with E-state index in [9.17, 15) is 4.79 Å². The molecule has 1 fully saturated rings. The van der Waals surface area contributed by atoms with Gasteiger partial charge in [0.1, 0.15) is 0 Å². The molecule has 0 aliphatic carbocycles. The summed E-state index contributed by atoms with van der Waals surface area (Å²) in [5, 5.41) is 0.269. The summed E-state index contributed by atoms with van der Waals surface area (Å²) in [6.07, 6.45) is 0.644. The van der Waals surface area contributed by atoms with Crippen LogP contribution in [0.5, 0.6) is 0 Å². The van der Waals surface area contributed by atoms with Crippen LogP contribution in [0.1, 0.15) is 17.5 Å². The van der Waals surface area contributed by atoms with Crippen molar-refractivity contribution in [3.8, 4) is 0 Å². The van der Waals surface area contributed by atoms with Gasteiger partial charge in [-0.25, -0.2) is 0 Å². The van der Waals surface area contributed by atoms with Crippen molar-refractivity contribution in [2.24, 2.45) is 0 Å². The molecule has 3 heteroatoms. The highest BCUT2D eigenvalue weighted by Crippen LogP contribution is 2.35. The minimum Gasteiger partial charge on any atom is -0.325 e. The average molecular weight is 283 g/mol. The van der Waals surface area contributed by atoms with Gasteiger partial charge in [0.2, 0.25) is 5.91 Å². The number of benzene rings is 2. The summed E-state index contributed by atoms with van der Waals surface area (Å²) in [5.74, 6) is 0.249. The number of amides is 1. The summed E-state index contributed by atoms with van der Waals surface area (Å²) < 4.78 is 0. The van der Waals surface area contributed by atoms with E-state index in [1.54, 1.807) is 11.8 Å². The first kappa shape index (κ1) is 13.3. The second-order valence-electron chi connectivity index (χ2n) is 5.10. The van der Waals surface area contributed by atoms with Crippen LogP contribution in [0.3, 0.4) is 0 Å². The molecular weight excluding hydrogens is 266 g/mol. The van der Waals surface area contributed by atoms with Crippen LogP contribution in [-0.2, 0) is 11.3 Å². The Morgan fingerprint density at radius 2 is 1.80 bits per heavy atom. The predicted octanol–water partition coefficient (Wildman–Crippen LogP) is 3.85. The summed E-state index contributed by atoms with van der Waals surface area (Å²) >= 11 is 1.78. The highest BCUT2D eigenvalue weighted by molar-refractivity contribution is 8.00. The van der Waals surface area contributed by atoms with Gasteiger partial charge in [0, 0.05) is 11.4 Å². The van der Waals surface area contributed by atoms with Crippen molar-refractivity contribution in [3.05, 3.63) is 65.7 Å².